The predicted molar refractivity (Wildman–Crippen MR) is 72.6 cm³/mol. The van der Waals surface area contributed by atoms with Crippen molar-refractivity contribution in [2.75, 3.05) is 39.4 Å². The minimum atomic E-state index is 0.189. The van der Waals surface area contributed by atoms with Crippen LogP contribution in [0.3, 0.4) is 0 Å². The Balaban J connectivity index is 1.69. The molecule has 0 saturated carbocycles. The fourth-order valence-corrected chi connectivity index (χ4v) is 2.55. The van der Waals surface area contributed by atoms with Gasteiger partial charge in [0.15, 0.2) is 0 Å². The van der Waals surface area contributed by atoms with Gasteiger partial charge >= 0.3 is 0 Å². The van der Waals surface area contributed by atoms with E-state index in [0.717, 1.165) is 52.2 Å². The van der Waals surface area contributed by atoms with Crippen LogP contribution < -0.4 is 5.32 Å². The van der Waals surface area contributed by atoms with Crippen molar-refractivity contribution in [2.24, 2.45) is 0 Å². The molecule has 0 amide bonds. The van der Waals surface area contributed by atoms with Crippen LogP contribution in [-0.2, 0) is 9.47 Å². The highest BCUT2D eigenvalue weighted by atomic mass is 16.5. The standard InChI is InChI=1S/C14H26N2O2/c1-14(2,16-6-9-17-10-7-16)12-15-11-13-5-3-4-8-18-13/h4,8,13,15H,3,5-7,9-12H2,1-2H3. The van der Waals surface area contributed by atoms with Crippen LogP contribution in [0.25, 0.3) is 0 Å². The largest absolute Gasteiger partial charge is 0.497 e. The van der Waals surface area contributed by atoms with Crippen LogP contribution in [0.1, 0.15) is 26.7 Å². The molecule has 0 spiro atoms. The first kappa shape index (κ1) is 13.8. The topological polar surface area (TPSA) is 33.7 Å². The molecule has 0 bridgehead atoms. The van der Waals surface area contributed by atoms with Crippen LogP contribution >= 0.6 is 0 Å². The summed E-state index contributed by atoms with van der Waals surface area (Å²) in [6.45, 7) is 10.3. The molecule has 2 rings (SSSR count). The molecule has 1 N–H and O–H groups in total. The number of hydrogen-bond donors (Lipinski definition) is 1. The zero-order valence-electron chi connectivity index (χ0n) is 11.7. The molecule has 104 valence electrons. The first-order chi connectivity index (χ1) is 8.68. The minimum absolute atomic E-state index is 0.189. The van der Waals surface area contributed by atoms with Gasteiger partial charge in [-0.3, -0.25) is 4.90 Å². The lowest BCUT2D eigenvalue weighted by Gasteiger charge is -2.41. The summed E-state index contributed by atoms with van der Waals surface area (Å²) in [5.41, 5.74) is 0.189. The number of rotatable bonds is 5. The fraction of sp³-hybridized carbons (Fsp3) is 0.857. The van der Waals surface area contributed by atoms with Gasteiger partial charge in [-0.15, -0.1) is 0 Å². The molecule has 0 aromatic heterocycles. The third kappa shape index (κ3) is 3.97. The van der Waals surface area contributed by atoms with Gasteiger partial charge < -0.3 is 14.8 Å². The molecule has 2 heterocycles. The second-order valence-electron chi connectivity index (χ2n) is 5.75. The van der Waals surface area contributed by atoms with E-state index in [1.54, 1.807) is 0 Å². The van der Waals surface area contributed by atoms with Crippen LogP contribution in [0.4, 0.5) is 0 Å². The van der Waals surface area contributed by atoms with E-state index >= 15 is 0 Å². The van der Waals surface area contributed by atoms with Gasteiger partial charge in [0.1, 0.15) is 6.10 Å². The molecule has 1 fully saturated rings. The van der Waals surface area contributed by atoms with Crippen molar-refractivity contribution in [1.29, 1.82) is 0 Å². The zero-order chi connectivity index (χ0) is 12.8. The highest BCUT2D eigenvalue weighted by Crippen LogP contribution is 2.15. The number of hydrogen-bond acceptors (Lipinski definition) is 4. The molecular weight excluding hydrogens is 228 g/mol. The van der Waals surface area contributed by atoms with Crippen molar-refractivity contribution in [3.63, 3.8) is 0 Å². The van der Waals surface area contributed by atoms with Crippen molar-refractivity contribution in [3.8, 4) is 0 Å². The van der Waals surface area contributed by atoms with Gasteiger partial charge in [0.2, 0.25) is 0 Å². The fourth-order valence-electron chi connectivity index (χ4n) is 2.55. The van der Waals surface area contributed by atoms with Gasteiger partial charge in [0, 0.05) is 31.7 Å². The van der Waals surface area contributed by atoms with E-state index in [9.17, 15) is 0 Å². The Morgan fingerprint density at radius 3 is 2.78 bits per heavy atom. The molecule has 2 aliphatic heterocycles. The SMILES string of the molecule is CC(C)(CNCC1CCC=CO1)N1CCOCC1. The van der Waals surface area contributed by atoms with Crippen LogP contribution in [0.15, 0.2) is 12.3 Å². The van der Waals surface area contributed by atoms with E-state index in [2.05, 4.69) is 30.1 Å². The molecule has 18 heavy (non-hydrogen) atoms. The molecule has 1 atom stereocenters. The lowest BCUT2D eigenvalue weighted by molar-refractivity contribution is -0.0106. The van der Waals surface area contributed by atoms with Crippen molar-refractivity contribution in [3.05, 3.63) is 12.3 Å². The van der Waals surface area contributed by atoms with Crippen LogP contribution in [-0.4, -0.2) is 55.9 Å². The number of morpholine rings is 1. The first-order valence-electron chi connectivity index (χ1n) is 7.02. The predicted octanol–water partition coefficient (Wildman–Crippen LogP) is 1.38. The minimum Gasteiger partial charge on any atom is -0.497 e. The summed E-state index contributed by atoms with van der Waals surface area (Å²) in [6, 6.07) is 0. The third-order valence-corrected chi connectivity index (χ3v) is 3.82. The van der Waals surface area contributed by atoms with Gasteiger partial charge in [-0.2, -0.15) is 0 Å². The van der Waals surface area contributed by atoms with E-state index in [-0.39, 0.29) is 5.54 Å². The molecule has 0 radical (unpaired) electrons. The van der Waals surface area contributed by atoms with Gasteiger partial charge in [-0.25, -0.2) is 0 Å². The molecule has 1 saturated heterocycles. The molecule has 2 aliphatic rings. The van der Waals surface area contributed by atoms with Crippen molar-refractivity contribution in [1.82, 2.24) is 10.2 Å². The van der Waals surface area contributed by atoms with Crippen LogP contribution in [0.2, 0.25) is 0 Å². The van der Waals surface area contributed by atoms with Crippen molar-refractivity contribution < 1.29 is 9.47 Å². The first-order valence-corrected chi connectivity index (χ1v) is 7.02. The smallest absolute Gasteiger partial charge is 0.110 e. The van der Waals surface area contributed by atoms with E-state index in [4.69, 9.17) is 9.47 Å². The highest BCUT2D eigenvalue weighted by molar-refractivity contribution is 4.87. The summed E-state index contributed by atoms with van der Waals surface area (Å²) < 4.78 is 11.0. The number of allylic oxidation sites excluding steroid dienone is 1. The van der Waals surface area contributed by atoms with Gasteiger partial charge in [0.25, 0.3) is 0 Å². The molecule has 0 aromatic rings. The Labute approximate surface area is 110 Å². The summed E-state index contributed by atoms with van der Waals surface area (Å²) in [4.78, 5) is 2.51. The van der Waals surface area contributed by atoms with Gasteiger partial charge in [-0.1, -0.05) is 0 Å². The van der Waals surface area contributed by atoms with E-state index in [1.807, 2.05) is 6.26 Å². The molecule has 4 nitrogen and oxygen atoms in total. The Morgan fingerprint density at radius 2 is 2.11 bits per heavy atom. The number of nitrogens with zero attached hydrogens (tertiary/aromatic N) is 1. The number of nitrogens with one attached hydrogen (secondary N) is 1. The van der Waals surface area contributed by atoms with Gasteiger partial charge in [-0.05, 0) is 32.8 Å². The van der Waals surface area contributed by atoms with E-state index in [1.165, 1.54) is 0 Å². The summed E-state index contributed by atoms with van der Waals surface area (Å²) in [5, 5.41) is 3.55. The summed E-state index contributed by atoms with van der Waals surface area (Å²) in [6.07, 6.45) is 6.54. The third-order valence-electron chi connectivity index (χ3n) is 3.82. The molecular formula is C14H26N2O2. The summed E-state index contributed by atoms with van der Waals surface area (Å²) >= 11 is 0. The second-order valence-corrected chi connectivity index (χ2v) is 5.75. The Kier molecular flexibility index (Phi) is 5.03. The summed E-state index contributed by atoms with van der Waals surface area (Å²) in [5.74, 6) is 0. The Bertz CT molecular complexity index is 273. The maximum Gasteiger partial charge on any atom is 0.110 e. The maximum absolute atomic E-state index is 5.56. The average Bonchev–Trinajstić information content (AvgIpc) is 2.41. The van der Waals surface area contributed by atoms with E-state index < -0.39 is 0 Å². The van der Waals surface area contributed by atoms with Gasteiger partial charge in [0.05, 0.1) is 19.5 Å². The zero-order valence-corrected chi connectivity index (χ0v) is 11.7. The highest BCUT2D eigenvalue weighted by Gasteiger charge is 2.28. The normalized spacial score (nSPS) is 26.0. The molecule has 0 aliphatic carbocycles. The Hall–Kier alpha value is -0.580. The maximum atomic E-state index is 5.56. The lowest BCUT2D eigenvalue weighted by atomic mass is 10.0. The van der Waals surface area contributed by atoms with Crippen molar-refractivity contribution >= 4 is 0 Å². The average molecular weight is 254 g/mol. The quantitative estimate of drug-likeness (QED) is 0.803. The molecule has 1 unspecified atom stereocenters. The van der Waals surface area contributed by atoms with Crippen LogP contribution in [0, 0.1) is 0 Å². The monoisotopic (exact) mass is 254 g/mol. The van der Waals surface area contributed by atoms with E-state index in [0.29, 0.717) is 6.10 Å². The number of ether oxygens (including phenoxy) is 2. The molecule has 0 aromatic carbocycles. The van der Waals surface area contributed by atoms with Crippen LogP contribution in [0.5, 0.6) is 0 Å². The van der Waals surface area contributed by atoms with Crippen molar-refractivity contribution in [2.45, 2.75) is 38.3 Å². The second kappa shape index (κ2) is 6.55. The summed E-state index contributed by atoms with van der Waals surface area (Å²) in [7, 11) is 0. The lowest BCUT2D eigenvalue weighted by Crippen LogP contribution is -2.55. The Morgan fingerprint density at radius 1 is 1.33 bits per heavy atom. The molecule has 4 heteroatoms.